The second-order valence-corrected chi connectivity index (χ2v) is 4.21. The summed E-state index contributed by atoms with van der Waals surface area (Å²) in [5, 5.41) is 3.52. The zero-order chi connectivity index (χ0) is 11.6. The van der Waals surface area contributed by atoms with Crippen LogP contribution in [0.15, 0.2) is 12.2 Å². The van der Waals surface area contributed by atoms with Gasteiger partial charge in [-0.05, 0) is 39.2 Å². The molecule has 0 atom stereocenters. The summed E-state index contributed by atoms with van der Waals surface area (Å²) in [6, 6.07) is 0.657. The van der Waals surface area contributed by atoms with Crippen LogP contribution in [0.5, 0.6) is 0 Å². The van der Waals surface area contributed by atoms with Crippen LogP contribution in [0.3, 0.4) is 0 Å². The lowest BCUT2D eigenvalue weighted by Gasteiger charge is -2.11. The standard InChI is InChI=1S/C13H23NO2/c1-2-16-13(15)10-4-3-7-11-14-12-8-5-6-9-12/h5-6,12,14H,2-4,7-11H2,1H3. The van der Waals surface area contributed by atoms with Gasteiger partial charge in [0.2, 0.25) is 0 Å². The number of carbonyl (C=O) groups excluding carboxylic acids is 1. The van der Waals surface area contributed by atoms with E-state index in [0.717, 1.165) is 25.8 Å². The number of carbonyl (C=O) groups is 1. The van der Waals surface area contributed by atoms with E-state index < -0.39 is 0 Å². The summed E-state index contributed by atoms with van der Waals surface area (Å²) in [5.41, 5.74) is 0. The van der Waals surface area contributed by atoms with Crippen LogP contribution >= 0.6 is 0 Å². The summed E-state index contributed by atoms with van der Waals surface area (Å²) in [4.78, 5) is 11.0. The first-order chi connectivity index (χ1) is 7.83. The highest BCUT2D eigenvalue weighted by Gasteiger charge is 2.08. The molecule has 0 unspecified atom stereocenters. The van der Waals surface area contributed by atoms with E-state index in [4.69, 9.17) is 4.74 Å². The second-order valence-electron chi connectivity index (χ2n) is 4.21. The third-order valence-electron chi connectivity index (χ3n) is 2.80. The number of nitrogens with one attached hydrogen (secondary N) is 1. The van der Waals surface area contributed by atoms with Crippen molar-refractivity contribution in [3.05, 3.63) is 12.2 Å². The van der Waals surface area contributed by atoms with Gasteiger partial charge in [0.25, 0.3) is 0 Å². The summed E-state index contributed by atoms with van der Waals surface area (Å²) in [5.74, 6) is -0.0598. The predicted octanol–water partition coefficient (Wildman–Crippen LogP) is 2.42. The third kappa shape index (κ3) is 5.91. The molecule has 0 aromatic carbocycles. The first-order valence-electron chi connectivity index (χ1n) is 6.37. The maximum Gasteiger partial charge on any atom is 0.305 e. The minimum absolute atomic E-state index is 0.0598. The van der Waals surface area contributed by atoms with Gasteiger partial charge in [0.1, 0.15) is 0 Å². The maximum absolute atomic E-state index is 11.0. The largest absolute Gasteiger partial charge is 0.466 e. The first-order valence-corrected chi connectivity index (χ1v) is 6.37. The molecule has 1 N–H and O–H groups in total. The van der Waals surface area contributed by atoms with Crippen molar-refractivity contribution >= 4 is 5.97 Å². The van der Waals surface area contributed by atoms with E-state index in [2.05, 4.69) is 17.5 Å². The molecule has 0 bridgehead atoms. The minimum Gasteiger partial charge on any atom is -0.466 e. The number of esters is 1. The smallest absolute Gasteiger partial charge is 0.305 e. The molecule has 3 nitrogen and oxygen atoms in total. The van der Waals surface area contributed by atoms with E-state index in [9.17, 15) is 4.79 Å². The van der Waals surface area contributed by atoms with Crippen molar-refractivity contribution in [2.24, 2.45) is 0 Å². The zero-order valence-electron chi connectivity index (χ0n) is 10.2. The van der Waals surface area contributed by atoms with Crippen molar-refractivity contribution in [2.45, 2.75) is 51.5 Å². The highest BCUT2D eigenvalue weighted by Crippen LogP contribution is 2.09. The van der Waals surface area contributed by atoms with Gasteiger partial charge in [-0.2, -0.15) is 0 Å². The zero-order valence-corrected chi connectivity index (χ0v) is 10.2. The number of rotatable bonds is 8. The van der Waals surface area contributed by atoms with Crippen LogP contribution < -0.4 is 5.32 Å². The van der Waals surface area contributed by atoms with Gasteiger partial charge in [-0.15, -0.1) is 0 Å². The van der Waals surface area contributed by atoms with Gasteiger partial charge in [-0.25, -0.2) is 0 Å². The summed E-state index contributed by atoms with van der Waals surface area (Å²) in [7, 11) is 0. The molecule has 3 heteroatoms. The van der Waals surface area contributed by atoms with Gasteiger partial charge >= 0.3 is 5.97 Å². The van der Waals surface area contributed by atoms with Crippen LogP contribution in [0.2, 0.25) is 0 Å². The highest BCUT2D eigenvalue weighted by atomic mass is 16.5. The summed E-state index contributed by atoms with van der Waals surface area (Å²) >= 11 is 0. The van der Waals surface area contributed by atoms with E-state index in [1.54, 1.807) is 0 Å². The van der Waals surface area contributed by atoms with Crippen molar-refractivity contribution in [3.63, 3.8) is 0 Å². The lowest BCUT2D eigenvalue weighted by Crippen LogP contribution is -2.27. The van der Waals surface area contributed by atoms with Crippen LogP contribution in [-0.2, 0) is 9.53 Å². The lowest BCUT2D eigenvalue weighted by molar-refractivity contribution is -0.143. The number of unbranched alkanes of at least 4 members (excludes halogenated alkanes) is 2. The predicted molar refractivity (Wildman–Crippen MR) is 65.3 cm³/mol. The van der Waals surface area contributed by atoms with E-state index >= 15 is 0 Å². The normalized spacial score (nSPS) is 15.6. The fourth-order valence-electron chi connectivity index (χ4n) is 1.89. The molecular weight excluding hydrogens is 202 g/mol. The van der Waals surface area contributed by atoms with Crippen molar-refractivity contribution in [1.82, 2.24) is 5.32 Å². The Morgan fingerprint density at radius 1 is 1.31 bits per heavy atom. The van der Waals surface area contributed by atoms with Crippen LogP contribution in [0.25, 0.3) is 0 Å². The Labute approximate surface area is 98.2 Å². The average Bonchev–Trinajstić information content (AvgIpc) is 2.76. The van der Waals surface area contributed by atoms with Gasteiger partial charge in [0.05, 0.1) is 6.61 Å². The summed E-state index contributed by atoms with van der Waals surface area (Å²) < 4.78 is 4.87. The maximum atomic E-state index is 11.0. The molecule has 0 amide bonds. The van der Waals surface area contributed by atoms with Crippen LogP contribution in [0.4, 0.5) is 0 Å². The number of hydrogen-bond donors (Lipinski definition) is 1. The summed E-state index contributed by atoms with van der Waals surface area (Å²) in [6.07, 6.45) is 10.6. The Morgan fingerprint density at radius 2 is 2.06 bits per heavy atom. The van der Waals surface area contributed by atoms with Gasteiger partial charge in [-0.1, -0.05) is 18.6 Å². The third-order valence-corrected chi connectivity index (χ3v) is 2.80. The highest BCUT2D eigenvalue weighted by molar-refractivity contribution is 5.69. The van der Waals surface area contributed by atoms with Crippen LogP contribution in [-0.4, -0.2) is 25.2 Å². The summed E-state index contributed by atoms with van der Waals surface area (Å²) in [6.45, 7) is 3.40. The Kier molecular flexibility index (Phi) is 6.90. The molecule has 0 aromatic heterocycles. The van der Waals surface area contributed by atoms with Crippen molar-refractivity contribution in [2.75, 3.05) is 13.2 Å². The van der Waals surface area contributed by atoms with Gasteiger partial charge in [0.15, 0.2) is 0 Å². The SMILES string of the molecule is CCOC(=O)CCCCCNC1CC=CC1. The fourth-order valence-corrected chi connectivity index (χ4v) is 1.89. The molecule has 0 spiro atoms. The molecule has 0 saturated carbocycles. The molecule has 1 rings (SSSR count). The van der Waals surface area contributed by atoms with Gasteiger partial charge < -0.3 is 10.1 Å². The van der Waals surface area contributed by atoms with Crippen molar-refractivity contribution < 1.29 is 9.53 Å². The first kappa shape index (κ1) is 13.2. The molecule has 0 radical (unpaired) electrons. The Balaban J connectivity index is 1.82. The monoisotopic (exact) mass is 225 g/mol. The molecule has 0 aromatic rings. The molecule has 0 saturated heterocycles. The minimum atomic E-state index is -0.0598. The number of hydrogen-bond acceptors (Lipinski definition) is 3. The topological polar surface area (TPSA) is 38.3 Å². The Bertz CT molecular complexity index is 218. The molecule has 16 heavy (non-hydrogen) atoms. The van der Waals surface area contributed by atoms with E-state index in [1.807, 2.05) is 6.92 Å². The van der Waals surface area contributed by atoms with E-state index in [-0.39, 0.29) is 5.97 Å². The van der Waals surface area contributed by atoms with Crippen LogP contribution in [0.1, 0.15) is 45.4 Å². The van der Waals surface area contributed by atoms with Gasteiger partial charge in [-0.3, -0.25) is 4.79 Å². The Morgan fingerprint density at radius 3 is 2.75 bits per heavy atom. The fraction of sp³-hybridized carbons (Fsp3) is 0.769. The average molecular weight is 225 g/mol. The Hall–Kier alpha value is -0.830. The van der Waals surface area contributed by atoms with Gasteiger partial charge in [0, 0.05) is 12.5 Å². The van der Waals surface area contributed by atoms with E-state index in [1.165, 1.54) is 12.8 Å². The molecule has 0 aliphatic heterocycles. The molecule has 0 fully saturated rings. The quantitative estimate of drug-likeness (QED) is 0.392. The number of ether oxygens (including phenoxy) is 1. The lowest BCUT2D eigenvalue weighted by atomic mass is 10.2. The second kappa shape index (κ2) is 8.34. The molecule has 0 heterocycles. The molecule has 1 aliphatic rings. The molecule has 92 valence electrons. The van der Waals surface area contributed by atoms with Crippen molar-refractivity contribution in [1.29, 1.82) is 0 Å². The van der Waals surface area contributed by atoms with E-state index in [0.29, 0.717) is 19.1 Å². The molecule has 1 aliphatic carbocycles. The van der Waals surface area contributed by atoms with Crippen LogP contribution in [0, 0.1) is 0 Å². The van der Waals surface area contributed by atoms with Crippen molar-refractivity contribution in [3.8, 4) is 0 Å². The molecular formula is C13H23NO2.